The van der Waals surface area contributed by atoms with Crippen LogP contribution in [0.3, 0.4) is 0 Å². The van der Waals surface area contributed by atoms with E-state index in [9.17, 15) is 9.59 Å². The molecular formula is C19H29ClN4O3. The minimum absolute atomic E-state index is 0. The predicted molar refractivity (Wildman–Crippen MR) is 108 cm³/mol. The van der Waals surface area contributed by atoms with Gasteiger partial charge in [-0.2, -0.15) is 0 Å². The second kappa shape index (κ2) is 10.5. The third-order valence-corrected chi connectivity index (χ3v) is 5.01. The SMILES string of the molecule is Cl.NC1CCCC(C(=O)Nc2ccc(NC(=O)NCC3CCCO3)cc2)C1. The van der Waals surface area contributed by atoms with Gasteiger partial charge in [0.2, 0.25) is 5.91 Å². The van der Waals surface area contributed by atoms with Crippen LogP contribution in [0.4, 0.5) is 16.2 Å². The highest BCUT2D eigenvalue weighted by Crippen LogP contribution is 2.24. The van der Waals surface area contributed by atoms with Gasteiger partial charge >= 0.3 is 6.03 Å². The van der Waals surface area contributed by atoms with Crippen LogP contribution >= 0.6 is 12.4 Å². The first-order chi connectivity index (χ1) is 12.6. The minimum Gasteiger partial charge on any atom is -0.376 e. The normalized spacial score (nSPS) is 24.6. The highest BCUT2D eigenvalue weighted by Gasteiger charge is 2.25. The Kier molecular flexibility index (Phi) is 8.34. The fourth-order valence-corrected chi connectivity index (χ4v) is 3.53. The number of nitrogens with one attached hydrogen (secondary N) is 3. The number of urea groups is 1. The molecule has 1 aromatic carbocycles. The third kappa shape index (κ3) is 6.68. The van der Waals surface area contributed by atoms with Crippen molar-refractivity contribution >= 4 is 35.7 Å². The molecule has 150 valence electrons. The average molecular weight is 397 g/mol. The largest absolute Gasteiger partial charge is 0.376 e. The highest BCUT2D eigenvalue weighted by atomic mass is 35.5. The Morgan fingerprint density at radius 3 is 2.37 bits per heavy atom. The summed E-state index contributed by atoms with van der Waals surface area (Å²) in [4.78, 5) is 24.2. The standard InChI is InChI=1S/C19H28N4O3.ClH/c20-14-4-1-3-13(11-14)18(24)22-15-6-8-16(9-7-15)23-19(25)21-12-17-5-2-10-26-17;/h6-9,13-14,17H,1-5,10-12,20H2,(H,22,24)(H2,21,23,25);1H. The number of halogens is 1. The van der Waals surface area contributed by atoms with Gasteiger partial charge in [-0.05, 0) is 56.4 Å². The van der Waals surface area contributed by atoms with Crippen molar-refractivity contribution in [3.8, 4) is 0 Å². The van der Waals surface area contributed by atoms with Gasteiger partial charge in [0.1, 0.15) is 0 Å². The summed E-state index contributed by atoms with van der Waals surface area (Å²) in [7, 11) is 0. The number of carbonyl (C=O) groups excluding carboxylic acids is 2. The van der Waals surface area contributed by atoms with Crippen molar-refractivity contribution in [3.63, 3.8) is 0 Å². The van der Waals surface area contributed by atoms with Crippen molar-refractivity contribution < 1.29 is 14.3 Å². The van der Waals surface area contributed by atoms with Crippen molar-refractivity contribution in [2.45, 2.75) is 50.7 Å². The molecule has 0 radical (unpaired) electrons. The lowest BCUT2D eigenvalue weighted by molar-refractivity contribution is -0.120. The molecule has 2 fully saturated rings. The average Bonchev–Trinajstić information content (AvgIpc) is 3.15. The Bertz CT molecular complexity index is 620. The van der Waals surface area contributed by atoms with E-state index in [0.717, 1.165) is 50.8 Å². The summed E-state index contributed by atoms with van der Waals surface area (Å²) < 4.78 is 5.47. The van der Waals surface area contributed by atoms with Crippen molar-refractivity contribution in [2.75, 3.05) is 23.8 Å². The van der Waals surface area contributed by atoms with E-state index < -0.39 is 0 Å². The Labute approximate surface area is 166 Å². The Balaban J connectivity index is 0.00000261. The van der Waals surface area contributed by atoms with Gasteiger partial charge in [0, 0.05) is 36.5 Å². The second-order valence-corrected chi connectivity index (χ2v) is 7.16. The number of benzene rings is 1. The number of anilines is 2. The summed E-state index contributed by atoms with van der Waals surface area (Å²) in [6.45, 7) is 1.29. The molecule has 3 atom stereocenters. The first-order valence-electron chi connectivity index (χ1n) is 9.43. The summed E-state index contributed by atoms with van der Waals surface area (Å²) >= 11 is 0. The maximum Gasteiger partial charge on any atom is 0.319 e. The molecule has 5 N–H and O–H groups in total. The molecule has 0 aromatic heterocycles. The zero-order valence-electron chi connectivity index (χ0n) is 15.4. The molecule has 8 heteroatoms. The van der Waals surface area contributed by atoms with Gasteiger partial charge in [0.15, 0.2) is 0 Å². The fraction of sp³-hybridized carbons (Fsp3) is 0.579. The lowest BCUT2D eigenvalue weighted by Crippen LogP contribution is -2.35. The molecular weight excluding hydrogens is 368 g/mol. The maximum atomic E-state index is 12.3. The smallest absolute Gasteiger partial charge is 0.319 e. The van der Waals surface area contributed by atoms with Gasteiger partial charge in [-0.3, -0.25) is 4.79 Å². The molecule has 0 bridgehead atoms. The van der Waals surface area contributed by atoms with Crippen molar-refractivity contribution in [2.24, 2.45) is 11.7 Å². The zero-order chi connectivity index (χ0) is 18.4. The molecule has 1 aliphatic carbocycles. The van der Waals surface area contributed by atoms with E-state index in [-0.39, 0.29) is 42.4 Å². The first kappa shape index (κ1) is 21.5. The number of hydrogen-bond acceptors (Lipinski definition) is 4. The number of rotatable bonds is 5. The molecule has 3 unspecified atom stereocenters. The van der Waals surface area contributed by atoms with Crippen LogP contribution in [-0.2, 0) is 9.53 Å². The highest BCUT2D eigenvalue weighted by molar-refractivity contribution is 5.93. The van der Waals surface area contributed by atoms with Crippen LogP contribution in [0.1, 0.15) is 38.5 Å². The number of nitrogens with two attached hydrogens (primary N) is 1. The van der Waals surface area contributed by atoms with Crippen LogP contribution in [0.15, 0.2) is 24.3 Å². The van der Waals surface area contributed by atoms with Crippen LogP contribution in [0.2, 0.25) is 0 Å². The van der Waals surface area contributed by atoms with Gasteiger partial charge in [0.05, 0.1) is 6.10 Å². The maximum absolute atomic E-state index is 12.3. The summed E-state index contributed by atoms with van der Waals surface area (Å²) in [5.74, 6) is 0.00954. The van der Waals surface area contributed by atoms with E-state index >= 15 is 0 Å². The molecule has 7 nitrogen and oxygen atoms in total. The van der Waals surface area contributed by atoms with Gasteiger partial charge in [-0.15, -0.1) is 12.4 Å². The molecule has 3 amide bonds. The predicted octanol–water partition coefficient (Wildman–Crippen LogP) is 2.86. The quantitative estimate of drug-likeness (QED) is 0.614. The topological polar surface area (TPSA) is 105 Å². The van der Waals surface area contributed by atoms with E-state index in [4.69, 9.17) is 10.5 Å². The molecule has 2 aliphatic rings. The van der Waals surface area contributed by atoms with Crippen molar-refractivity contribution in [3.05, 3.63) is 24.3 Å². The van der Waals surface area contributed by atoms with Gasteiger partial charge < -0.3 is 26.4 Å². The lowest BCUT2D eigenvalue weighted by Gasteiger charge is -2.25. The number of hydrogen-bond donors (Lipinski definition) is 4. The zero-order valence-corrected chi connectivity index (χ0v) is 16.2. The Morgan fingerprint density at radius 2 is 1.74 bits per heavy atom. The van der Waals surface area contributed by atoms with Gasteiger partial charge in [0.25, 0.3) is 0 Å². The van der Waals surface area contributed by atoms with Gasteiger partial charge in [-0.1, -0.05) is 6.42 Å². The van der Waals surface area contributed by atoms with E-state index in [1.54, 1.807) is 24.3 Å². The monoisotopic (exact) mass is 396 g/mol. The number of carbonyl (C=O) groups is 2. The fourth-order valence-electron chi connectivity index (χ4n) is 3.53. The second-order valence-electron chi connectivity index (χ2n) is 7.16. The molecule has 1 saturated carbocycles. The van der Waals surface area contributed by atoms with Crippen LogP contribution in [0, 0.1) is 5.92 Å². The summed E-state index contributed by atoms with van der Waals surface area (Å²) in [6, 6.07) is 6.99. The van der Waals surface area contributed by atoms with E-state index in [2.05, 4.69) is 16.0 Å². The number of ether oxygens (including phenoxy) is 1. The lowest BCUT2D eigenvalue weighted by atomic mass is 9.85. The molecule has 1 aromatic rings. The molecule has 0 spiro atoms. The Morgan fingerprint density at radius 1 is 1.04 bits per heavy atom. The van der Waals surface area contributed by atoms with Crippen molar-refractivity contribution in [1.29, 1.82) is 0 Å². The van der Waals surface area contributed by atoms with Gasteiger partial charge in [-0.25, -0.2) is 4.79 Å². The molecule has 1 saturated heterocycles. The van der Waals surface area contributed by atoms with Crippen molar-refractivity contribution in [1.82, 2.24) is 5.32 Å². The van der Waals surface area contributed by atoms with Crippen LogP contribution in [-0.4, -0.2) is 37.2 Å². The molecule has 1 heterocycles. The summed E-state index contributed by atoms with van der Waals surface area (Å²) in [6.07, 6.45) is 5.79. The molecule has 27 heavy (non-hydrogen) atoms. The van der Waals surface area contributed by atoms with Crippen LogP contribution in [0.5, 0.6) is 0 Å². The third-order valence-electron chi connectivity index (χ3n) is 5.01. The minimum atomic E-state index is -0.256. The number of amides is 3. The van der Waals surface area contributed by atoms with Crippen LogP contribution < -0.4 is 21.7 Å². The summed E-state index contributed by atoms with van der Waals surface area (Å²) in [5, 5.41) is 8.53. The van der Waals surface area contributed by atoms with E-state index in [1.165, 1.54) is 0 Å². The van der Waals surface area contributed by atoms with E-state index in [1.807, 2.05) is 0 Å². The molecule has 1 aliphatic heterocycles. The summed E-state index contributed by atoms with van der Waals surface area (Å²) in [5.41, 5.74) is 7.35. The van der Waals surface area contributed by atoms with E-state index in [0.29, 0.717) is 12.2 Å². The molecule has 3 rings (SSSR count). The van der Waals surface area contributed by atoms with Crippen LogP contribution in [0.25, 0.3) is 0 Å². The Hall–Kier alpha value is -1.83. The first-order valence-corrected chi connectivity index (χ1v) is 9.43.